The number of thioether (sulfide) groups is 1. The summed E-state index contributed by atoms with van der Waals surface area (Å²) in [5.74, 6) is -0.0609. The summed E-state index contributed by atoms with van der Waals surface area (Å²) in [6.45, 7) is 2.00. The Kier molecular flexibility index (Phi) is 4.87. The number of rotatable bonds is 3. The summed E-state index contributed by atoms with van der Waals surface area (Å²) in [5, 5.41) is 2.97. The molecular weight excluding hydrogens is 369 g/mol. The number of anilines is 1. The summed E-state index contributed by atoms with van der Waals surface area (Å²) in [4.78, 5) is 13.3. The van der Waals surface area contributed by atoms with Gasteiger partial charge in [-0.1, -0.05) is 12.1 Å². The summed E-state index contributed by atoms with van der Waals surface area (Å²) in [6, 6.07) is 13.6. The molecule has 0 saturated heterocycles. The number of halogens is 1. The lowest BCUT2D eigenvalue weighted by Crippen LogP contribution is -2.13. The molecule has 0 radical (unpaired) electrons. The van der Waals surface area contributed by atoms with Crippen molar-refractivity contribution in [2.75, 3.05) is 11.6 Å². The van der Waals surface area contributed by atoms with Gasteiger partial charge in [0.1, 0.15) is 0 Å². The van der Waals surface area contributed by atoms with Crippen LogP contribution in [0.1, 0.15) is 15.9 Å². The van der Waals surface area contributed by atoms with Crippen LogP contribution in [0.4, 0.5) is 5.69 Å². The Bertz CT molecular complexity index is 613. The zero-order valence-electron chi connectivity index (χ0n) is 10.7. The normalized spacial score (nSPS) is 10.3. The van der Waals surface area contributed by atoms with Crippen molar-refractivity contribution in [3.8, 4) is 0 Å². The molecule has 0 aliphatic heterocycles. The third kappa shape index (κ3) is 3.51. The molecule has 2 rings (SSSR count). The fourth-order valence-electron chi connectivity index (χ4n) is 1.79. The predicted molar refractivity (Wildman–Crippen MR) is 90.1 cm³/mol. The van der Waals surface area contributed by atoms with E-state index in [1.807, 2.05) is 49.6 Å². The molecule has 2 aromatic carbocycles. The topological polar surface area (TPSA) is 29.1 Å². The molecule has 0 unspecified atom stereocenters. The van der Waals surface area contributed by atoms with Gasteiger partial charge in [0.05, 0.1) is 5.56 Å². The van der Waals surface area contributed by atoms with Crippen LogP contribution in [-0.4, -0.2) is 12.2 Å². The molecule has 19 heavy (non-hydrogen) atoms. The summed E-state index contributed by atoms with van der Waals surface area (Å²) in [5.41, 5.74) is 2.65. The standard InChI is InChI=1S/C15H14INOS/c1-10-9-11(16)7-8-13(10)17-15(18)12-5-3-4-6-14(12)19-2/h3-9H,1-2H3,(H,17,18). The minimum absolute atomic E-state index is 0.0609. The van der Waals surface area contributed by atoms with Gasteiger partial charge in [-0.3, -0.25) is 4.79 Å². The molecular formula is C15H14INOS. The van der Waals surface area contributed by atoms with E-state index in [2.05, 4.69) is 34.0 Å². The number of carbonyl (C=O) groups excluding carboxylic acids is 1. The molecule has 0 spiro atoms. The first-order valence-corrected chi connectivity index (χ1v) is 8.12. The van der Waals surface area contributed by atoms with Crippen molar-refractivity contribution in [3.05, 3.63) is 57.2 Å². The Morgan fingerprint density at radius 1 is 1.21 bits per heavy atom. The zero-order chi connectivity index (χ0) is 13.8. The van der Waals surface area contributed by atoms with E-state index < -0.39 is 0 Å². The van der Waals surface area contributed by atoms with Crippen molar-refractivity contribution in [3.63, 3.8) is 0 Å². The van der Waals surface area contributed by atoms with Crippen molar-refractivity contribution >= 4 is 45.9 Å². The van der Waals surface area contributed by atoms with E-state index in [9.17, 15) is 4.79 Å². The maximum Gasteiger partial charge on any atom is 0.256 e. The van der Waals surface area contributed by atoms with Crippen molar-refractivity contribution in [2.45, 2.75) is 11.8 Å². The number of benzene rings is 2. The smallest absolute Gasteiger partial charge is 0.256 e. The van der Waals surface area contributed by atoms with Crippen LogP contribution in [0, 0.1) is 10.5 Å². The van der Waals surface area contributed by atoms with Crippen LogP contribution in [0.3, 0.4) is 0 Å². The number of nitrogens with one attached hydrogen (secondary N) is 1. The van der Waals surface area contributed by atoms with Crippen LogP contribution < -0.4 is 5.32 Å². The second-order valence-corrected chi connectivity index (χ2v) is 6.21. The van der Waals surface area contributed by atoms with Gasteiger partial charge < -0.3 is 5.32 Å². The molecule has 0 saturated carbocycles. The van der Waals surface area contributed by atoms with Gasteiger partial charge in [0, 0.05) is 14.2 Å². The van der Waals surface area contributed by atoms with Crippen LogP contribution in [-0.2, 0) is 0 Å². The zero-order valence-corrected chi connectivity index (χ0v) is 13.7. The number of hydrogen-bond donors (Lipinski definition) is 1. The van der Waals surface area contributed by atoms with Crippen molar-refractivity contribution in [1.29, 1.82) is 0 Å². The molecule has 0 fully saturated rings. The van der Waals surface area contributed by atoms with Crippen LogP contribution in [0.2, 0.25) is 0 Å². The maximum absolute atomic E-state index is 12.3. The molecule has 2 aromatic rings. The second-order valence-electron chi connectivity index (χ2n) is 4.11. The highest BCUT2D eigenvalue weighted by atomic mass is 127. The van der Waals surface area contributed by atoms with Gasteiger partial charge in [0.15, 0.2) is 0 Å². The van der Waals surface area contributed by atoms with E-state index in [1.54, 1.807) is 11.8 Å². The van der Waals surface area contributed by atoms with E-state index >= 15 is 0 Å². The minimum Gasteiger partial charge on any atom is -0.322 e. The predicted octanol–water partition coefficient (Wildman–Crippen LogP) is 4.57. The van der Waals surface area contributed by atoms with Crippen LogP contribution in [0.25, 0.3) is 0 Å². The molecule has 0 aliphatic carbocycles. The molecule has 0 heterocycles. The Balaban J connectivity index is 2.26. The lowest BCUT2D eigenvalue weighted by molar-refractivity contribution is 0.102. The van der Waals surface area contributed by atoms with Crippen LogP contribution in [0.15, 0.2) is 47.4 Å². The summed E-state index contributed by atoms with van der Waals surface area (Å²) in [7, 11) is 0. The average molecular weight is 383 g/mol. The Morgan fingerprint density at radius 2 is 1.95 bits per heavy atom. The van der Waals surface area contributed by atoms with Gasteiger partial charge in [0.2, 0.25) is 0 Å². The lowest BCUT2D eigenvalue weighted by atomic mass is 10.1. The van der Waals surface area contributed by atoms with Crippen LogP contribution in [0.5, 0.6) is 0 Å². The van der Waals surface area contributed by atoms with E-state index in [1.165, 1.54) is 0 Å². The number of aryl methyl sites for hydroxylation is 1. The molecule has 1 amide bonds. The Labute approximate surface area is 131 Å². The van der Waals surface area contributed by atoms with Gasteiger partial charge in [-0.15, -0.1) is 11.8 Å². The fraction of sp³-hybridized carbons (Fsp3) is 0.133. The molecule has 1 N–H and O–H groups in total. The average Bonchev–Trinajstić information content (AvgIpc) is 2.41. The number of amides is 1. The quantitative estimate of drug-likeness (QED) is 0.621. The summed E-state index contributed by atoms with van der Waals surface area (Å²) >= 11 is 3.84. The lowest BCUT2D eigenvalue weighted by Gasteiger charge is -2.10. The molecule has 98 valence electrons. The third-order valence-corrected chi connectivity index (χ3v) is 4.26. The van der Waals surface area contributed by atoms with Crippen LogP contribution >= 0.6 is 34.4 Å². The highest BCUT2D eigenvalue weighted by molar-refractivity contribution is 14.1. The first kappa shape index (κ1) is 14.4. The molecule has 0 atom stereocenters. The summed E-state index contributed by atoms with van der Waals surface area (Å²) in [6.07, 6.45) is 1.97. The second kappa shape index (κ2) is 6.43. The Hall–Kier alpha value is -1.01. The van der Waals surface area contributed by atoms with E-state index in [4.69, 9.17) is 0 Å². The fourth-order valence-corrected chi connectivity index (χ4v) is 3.03. The molecule has 2 nitrogen and oxygen atoms in total. The first-order chi connectivity index (χ1) is 9.11. The molecule has 0 aliphatic rings. The van der Waals surface area contributed by atoms with Crippen molar-refractivity contribution in [2.24, 2.45) is 0 Å². The van der Waals surface area contributed by atoms with E-state index in [0.29, 0.717) is 5.56 Å². The van der Waals surface area contributed by atoms with Gasteiger partial charge >= 0.3 is 0 Å². The number of carbonyl (C=O) groups is 1. The SMILES string of the molecule is CSc1ccccc1C(=O)Nc1ccc(I)cc1C. The largest absolute Gasteiger partial charge is 0.322 e. The first-order valence-electron chi connectivity index (χ1n) is 5.82. The summed E-state index contributed by atoms with van der Waals surface area (Å²) < 4.78 is 1.16. The minimum atomic E-state index is -0.0609. The number of hydrogen-bond acceptors (Lipinski definition) is 2. The van der Waals surface area contributed by atoms with Crippen molar-refractivity contribution in [1.82, 2.24) is 0 Å². The molecule has 0 bridgehead atoms. The van der Waals surface area contributed by atoms with E-state index in [0.717, 1.165) is 19.7 Å². The molecule has 4 heteroatoms. The maximum atomic E-state index is 12.3. The van der Waals surface area contributed by atoms with Gasteiger partial charge in [0.25, 0.3) is 5.91 Å². The van der Waals surface area contributed by atoms with Gasteiger partial charge in [-0.2, -0.15) is 0 Å². The van der Waals surface area contributed by atoms with E-state index in [-0.39, 0.29) is 5.91 Å². The molecule has 0 aromatic heterocycles. The monoisotopic (exact) mass is 383 g/mol. The van der Waals surface area contributed by atoms with Gasteiger partial charge in [-0.25, -0.2) is 0 Å². The highest BCUT2D eigenvalue weighted by Gasteiger charge is 2.11. The van der Waals surface area contributed by atoms with Crippen molar-refractivity contribution < 1.29 is 4.79 Å². The van der Waals surface area contributed by atoms with Gasteiger partial charge in [-0.05, 0) is 71.7 Å². The third-order valence-electron chi connectivity index (χ3n) is 2.79. The highest BCUT2D eigenvalue weighted by Crippen LogP contribution is 2.23. The Morgan fingerprint density at radius 3 is 2.63 bits per heavy atom.